The molecule has 2 aromatic heterocycles. The highest BCUT2D eigenvalue weighted by atomic mass is 35.5. The maximum atomic E-state index is 10.4. The van der Waals surface area contributed by atoms with E-state index in [0.717, 1.165) is 0 Å². The van der Waals surface area contributed by atoms with Crippen molar-refractivity contribution in [2.45, 2.75) is 0 Å². The van der Waals surface area contributed by atoms with E-state index in [0.29, 0.717) is 0 Å². The number of rotatable bonds is 4. The molecule has 2 rings (SSSR count). The molecule has 10 heteroatoms. The number of aromatic nitrogens is 2. The fourth-order valence-corrected chi connectivity index (χ4v) is 1.32. The van der Waals surface area contributed by atoms with Gasteiger partial charge in [-0.2, -0.15) is 5.10 Å². The van der Waals surface area contributed by atoms with Gasteiger partial charge in [0.2, 0.25) is 0 Å². The summed E-state index contributed by atoms with van der Waals surface area (Å²) < 4.78 is 4.84. The van der Waals surface area contributed by atoms with Gasteiger partial charge in [0.15, 0.2) is 11.6 Å². The molecule has 102 valence electrons. The minimum absolute atomic E-state index is 0.00249. The number of hydrogen-bond acceptors (Lipinski definition) is 7. The Morgan fingerprint density at radius 1 is 1.50 bits per heavy atom. The van der Waals surface area contributed by atoms with Crippen molar-refractivity contribution < 1.29 is 9.34 Å². The Morgan fingerprint density at radius 2 is 2.30 bits per heavy atom. The van der Waals surface area contributed by atoms with Crippen molar-refractivity contribution in [3.8, 4) is 0 Å². The van der Waals surface area contributed by atoms with Crippen molar-refractivity contribution in [3.63, 3.8) is 0 Å². The van der Waals surface area contributed by atoms with Crippen molar-refractivity contribution >= 4 is 29.5 Å². The normalized spacial score (nSPS) is 11.9. The Hall–Kier alpha value is -2.81. The number of amidine groups is 1. The summed E-state index contributed by atoms with van der Waals surface area (Å²) in [6, 6.07) is 2.59. The van der Waals surface area contributed by atoms with Crippen molar-refractivity contribution in [2.24, 2.45) is 15.9 Å². The highest BCUT2D eigenvalue weighted by Gasteiger charge is 2.10. The second kappa shape index (κ2) is 5.89. The summed E-state index contributed by atoms with van der Waals surface area (Å²) in [5.74, 6) is -0.216. The first-order chi connectivity index (χ1) is 9.56. The zero-order chi connectivity index (χ0) is 14.5. The lowest BCUT2D eigenvalue weighted by Crippen LogP contribution is -2.15. The number of halogens is 1. The molecule has 9 nitrogen and oxygen atoms in total. The molecule has 0 amide bonds. The summed E-state index contributed by atoms with van der Waals surface area (Å²) in [6.45, 7) is 0. The third-order valence-corrected chi connectivity index (χ3v) is 2.19. The van der Waals surface area contributed by atoms with Gasteiger partial charge in [0, 0.05) is 0 Å². The van der Waals surface area contributed by atoms with Crippen LogP contribution in [0, 0.1) is 10.1 Å². The van der Waals surface area contributed by atoms with Gasteiger partial charge in [0.05, 0.1) is 24.7 Å². The van der Waals surface area contributed by atoms with Crippen LogP contribution in [0.4, 0.5) is 5.88 Å². The SMILES string of the molecule is N/C(=N\N=C\c1ccc([N+](=O)[O-])o1)c1cncc(Cl)n1. The summed E-state index contributed by atoms with van der Waals surface area (Å²) in [5.41, 5.74) is 5.88. The standard InChI is InChI=1S/C10H7ClN6O3/c11-8-5-13-4-7(15-8)10(12)16-14-3-6-1-2-9(20-6)17(18)19/h1-5H,(H2,12,16)/b14-3+. The van der Waals surface area contributed by atoms with Crippen molar-refractivity contribution in [1.82, 2.24) is 9.97 Å². The summed E-state index contributed by atoms with van der Waals surface area (Å²) in [5, 5.41) is 17.9. The van der Waals surface area contributed by atoms with Crippen LogP contribution in [0.3, 0.4) is 0 Å². The fourth-order valence-electron chi connectivity index (χ4n) is 1.17. The van der Waals surface area contributed by atoms with Gasteiger partial charge < -0.3 is 10.2 Å². The van der Waals surface area contributed by atoms with Gasteiger partial charge in [-0.3, -0.25) is 15.1 Å². The molecular weight excluding hydrogens is 288 g/mol. The summed E-state index contributed by atoms with van der Waals surface area (Å²) in [4.78, 5) is 17.4. The molecule has 0 bridgehead atoms. The van der Waals surface area contributed by atoms with Crippen LogP contribution in [0.1, 0.15) is 11.5 Å². The molecule has 0 aromatic carbocycles. The second-order valence-electron chi connectivity index (χ2n) is 3.39. The van der Waals surface area contributed by atoms with E-state index < -0.39 is 4.92 Å². The lowest BCUT2D eigenvalue weighted by Gasteiger charge is -1.96. The third-order valence-electron chi connectivity index (χ3n) is 2.01. The van der Waals surface area contributed by atoms with Gasteiger partial charge in [-0.15, -0.1) is 5.10 Å². The number of nitrogens with zero attached hydrogens (tertiary/aromatic N) is 5. The summed E-state index contributed by atoms with van der Waals surface area (Å²) in [6.07, 6.45) is 3.90. The van der Waals surface area contributed by atoms with Crippen LogP contribution in [0.15, 0.2) is 39.1 Å². The molecule has 0 saturated carbocycles. The van der Waals surface area contributed by atoms with E-state index >= 15 is 0 Å². The van der Waals surface area contributed by atoms with Crippen molar-refractivity contribution in [1.29, 1.82) is 0 Å². The lowest BCUT2D eigenvalue weighted by molar-refractivity contribution is -0.402. The number of nitrogens with two attached hydrogens (primary N) is 1. The minimum atomic E-state index is -0.656. The Balaban J connectivity index is 2.11. The predicted octanol–water partition coefficient (Wildman–Crippen LogP) is 1.37. The zero-order valence-corrected chi connectivity index (χ0v) is 10.6. The first-order valence-corrected chi connectivity index (χ1v) is 5.52. The average molecular weight is 295 g/mol. The maximum Gasteiger partial charge on any atom is 0.433 e. The van der Waals surface area contributed by atoms with Gasteiger partial charge in [0.25, 0.3) is 0 Å². The van der Waals surface area contributed by atoms with E-state index in [1.54, 1.807) is 0 Å². The molecular formula is C10H7ClN6O3. The summed E-state index contributed by atoms with van der Waals surface area (Å²) >= 11 is 5.65. The summed E-state index contributed by atoms with van der Waals surface area (Å²) in [7, 11) is 0. The topological polar surface area (TPSA) is 133 Å². The molecule has 2 N–H and O–H groups in total. The van der Waals surface area contributed by atoms with Crippen LogP contribution in [-0.2, 0) is 0 Å². The molecule has 0 unspecified atom stereocenters. The molecule has 0 fully saturated rings. The van der Waals surface area contributed by atoms with Crippen LogP contribution < -0.4 is 5.73 Å². The Labute approximate surface area is 117 Å². The fraction of sp³-hybridized carbons (Fsp3) is 0. The van der Waals surface area contributed by atoms with Crippen LogP contribution >= 0.6 is 11.6 Å². The second-order valence-corrected chi connectivity index (χ2v) is 3.78. The highest BCUT2D eigenvalue weighted by Crippen LogP contribution is 2.13. The average Bonchev–Trinajstić information content (AvgIpc) is 2.87. The number of nitro groups is 1. The largest absolute Gasteiger partial charge is 0.433 e. The maximum absolute atomic E-state index is 10.4. The molecule has 0 aliphatic rings. The highest BCUT2D eigenvalue weighted by molar-refractivity contribution is 6.29. The molecule has 2 heterocycles. The van der Waals surface area contributed by atoms with E-state index in [-0.39, 0.29) is 28.3 Å². The van der Waals surface area contributed by atoms with Crippen LogP contribution in [-0.4, -0.2) is 26.9 Å². The molecule has 0 aliphatic heterocycles. The van der Waals surface area contributed by atoms with E-state index in [1.807, 2.05) is 0 Å². The van der Waals surface area contributed by atoms with Gasteiger partial charge in [-0.25, -0.2) is 4.98 Å². The number of hydrogen-bond donors (Lipinski definition) is 1. The van der Waals surface area contributed by atoms with Gasteiger partial charge >= 0.3 is 5.88 Å². The molecule has 0 aliphatic carbocycles. The molecule has 0 spiro atoms. The van der Waals surface area contributed by atoms with E-state index in [4.69, 9.17) is 21.8 Å². The van der Waals surface area contributed by atoms with Gasteiger partial charge in [-0.05, 0) is 6.07 Å². The number of furan rings is 1. The van der Waals surface area contributed by atoms with Gasteiger partial charge in [-0.1, -0.05) is 11.6 Å². The molecule has 0 saturated heterocycles. The Kier molecular flexibility index (Phi) is 4.01. The van der Waals surface area contributed by atoms with E-state index in [9.17, 15) is 10.1 Å². The minimum Gasteiger partial charge on any atom is -0.400 e. The molecule has 0 atom stereocenters. The van der Waals surface area contributed by atoms with Crippen LogP contribution in [0.25, 0.3) is 0 Å². The molecule has 20 heavy (non-hydrogen) atoms. The Morgan fingerprint density at radius 3 is 2.95 bits per heavy atom. The zero-order valence-electron chi connectivity index (χ0n) is 9.80. The van der Waals surface area contributed by atoms with Crippen LogP contribution in [0.5, 0.6) is 0 Å². The van der Waals surface area contributed by atoms with E-state index in [2.05, 4.69) is 20.2 Å². The van der Waals surface area contributed by atoms with Crippen molar-refractivity contribution in [2.75, 3.05) is 0 Å². The van der Waals surface area contributed by atoms with Crippen LogP contribution in [0.2, 0.25) is 5.15 Å². The van der Waals surface area contributed by atoms with Crippen molar-refractivity contribution in [3.05, 3.63) is 51.2 Å². The first kappa shape index (κ1) is 13.6. The van der Waals surface area contributed by atoms with Gasteiger partial charge in [0.1, 0.15) is 15.8 Å². The third kappa shape index (κ3) is 3.36. The monoisotopic (exact) mass is 294 g/mol. The smallest absolute Gasteiger partial charge is 0.400 e. The molecule has 2 aromatic rings. The van der Waals surface area contributed by atoms with E-state index in [1.165, 1.54) is 30.7 Å². The lowest BCUT2D eigenvalue weighted by atomic mass is 10.4. The molecule has 0 radical (unpaired) electrons. The predicted molar refractivity (Wildman–Crippen MR) is 70.7 cm³/mol. The Bertz CT molecular complexity index is 696. The quantitative estimate of drug-likeness (QED) is 0.392. The first-order valence-electron chi connectivity index (χ1n) is 5.15.